The lowest BCUT2D eigenvalue weighted by atomic mass is 10.1. The van der Waals surface area contributed by atoms with Crippen molar-refractivity contribution in [1.82, 2.24) is 30.7 Å². The summed E-state index contributed by atoms with van der Waals surface area (Å²) in [7, 11) is 1.81. The Morgan fingerprint density at radius 2 is 2.27 bits per heavy atom. The van der Waals surface area contributed by atoms with Crippen LogP contribution < -0.4 is 10.6 Å². The Hall–Kier alpha value is -2.35. The molecule has 1 saturated heterocycles. The van der Waals surface area contributed by atoms with E-state index in [4.69, 9.17) is 4.42 Å². The Balaban J connectivity index is 1.39. The zero-order valence-electron chi connectivity index (χ0n) is 15.7. The molecule has 3 rings (SSSR count). The molecular formula is C18H29N7O. The molecule has 142 valence electrons. The molecule has 3 N–H and O–H groups in total. The van der Waals surface area contributed by atoms with Gasteiger partial charge in [-0.2, -0.15) is 5.10 Å². The molecule has 1 aliphatic heterocycles. The average Bonchev–Trinajstić information content (AvgIpc) is 3.34. The van der Waals surface area contributed by atoms with E-state index in [2.05, 4.69) is 42.6 Å². The second-order valence-corrected chi connectivity index (χ2v) is 6.59. The minimum atomic E-state index is 0.491. The zero-order chi connectivity index (χ0) is 18.2. The van der Waals surface area contributed by atoms with Crippen molar-refractivity contribution in [1.29, 1.82) is 0 Å². The van der Waals surface area contributed by atoms with Gasteiger partial charge in [-0.1, -0.05) is 6.92 Å². The molecule has 0 atom stereocenters. The minimum absolute atomic E-state index is 0.491. The number of guanidine groups is 1. The van der Waals surface area contributed by atoms with Crippen molar-refractivity contribution in [3.63, 3.8) is 0 Å². The summed E-state index contributed by atoms with van der Waals surface area (Å²) in [4.78, 5) is 11.3. The summed E-state index contributed by atoms with van der Waals surface area (Å²) in [5.41, 5.74) is 0. The van der Waals surface area contributed by atoms with Gasteiger partial charge in [0.25, 0.3) is 0 Å². The Bertz CT molecular complexity index is 672. The van der Waals surface area contributed by atoms with Gasteiger partial charge in [0, 0.05) is 39.1 Å². The number of H-pyrrole nitrogens is 1. The highest BCUT2D eigenvalue weighted by molar-refractivity contribution is 5.79. The summed E-state index contributed by atoms with van der Waals surface area (Å²) in [5, 5.41) is 14.0. The number of hydrogen-bond donors (Lipinski definition) is 3. The van der Waals surface area contributed by atoms with E-state index in [1.807, 2.05) is 19.2 Å². The molecule has 8 heteroatoms. The van der Waals surface area contributed by atoms with E-state index in [1.54, 1.807) is 6.26 Å². The van der Waals surface area contributed by atoms with E-state index in [1.165, 1.54) is 13.0 Å². The lowest BCUT2D eigenvalue weighted by Crippen LogP contribution is -2.49. The van der Waals surface area contributed by atoms with E-state index >= 15 is 0 Å². The molecule has 0 saturated carbocycles. The highest BCUT2D eigenvalue weighted by atomic mass is 16.3. The van der Waals surface area contributed by atoms with Gasteiger partial charge < -0.3 is 20.0 Å². The van der Waals surface area contributed by atoms with Gasteiger partial charge in [-0.05, 0) is 37.9 Å². The van der Waals surface area contributed by atoms with Gasteiger partial charge in [0.05, 0.1) is 6.26 Å². The van der Waals surface area contributed by atoms with Gasteiger partial charge in [-0.15, -0.1) is 0 Å². The van der Waals surface area contributed by atoms with Crippen LogP contribution in [0.15, 0.2) is 27.8 Å². The Kier molecular flexibility index (Phi) is 6.65. The Morgan fingerprint density at radius 1 is 1.42 bits per heavy atom. The van der Waals surface area contributed by atoms with Crippen LogP contribution in [0.2, 0.25) is 0 Å². The number of aliphatic imine (C=N–C) groups is 1. The van der Waals surface area contributed by atoms with E-state index < -0.39 is 0 Å². The minimum Gasteiger partial charge on any atom is -0.461 e. The number of aromatic amines is 1. The molecule has 0 unspecified atom stereocenters. The van der Waals surface area contributed by atoms with Crippen LogP contribution >= 0.6 is 0 Å². The summed E-state index contributed by atoms with van der Waals surface area (Å²) >= 11 is 0. The monoisotopic (exact) mass is 359 g/mol. The number of aromatic nitrogens is 3. The molecule has 2 aromatic rings. The maximum Gasteiger partial charge on any atom is 0.216 e. The van der Waals surface area contributed by atoms with Gasteiger partial charge in [-0.25, -0.2) is 4.98 Å². The molecule has 0 bridgehead atoms. The van der Waals surface area contributed by atoms with E-state index in [0.29, 0.717) is 17.6 Å². The van der Waals surface area contributed by atoms with Crippen molar-refractivity contribution >= 4 is 5.96 Å². The highest BCUT2D eigenvalue weighted by Crippen LogP contribution is 2.14. The molecule has 8 nitrogen and oxygen atoms in total. The fourth-order valence-corrected chi connectivity index (χ4v) is 3.23. The second kappa shape index (κ2) is 9.38. The Morgan fingerprint density at radius 3 is 2.96 bits per heavy atom. The van der Waals surface area contributed by atoms with Gasteiger partial charge in [0.15, 0.2) is 11.7 Å². The van der Waals surface area contributed by atoms with Gasteiger partial charge in [-0.3, -0.25) is 10.1 Å². The second-order valence-electron chi connectivity index (χ2n) is 6.59. The van der Waals surface area contributed by atoms with Crippen molar-refractivity contribution in [3.05, 3.63) is 24.2 Å². The Labute approximate surface area is 154 Å². The first-order chi connectivity index (χ1) is 12.8. The molecule has 1 aliphatic rings. The summed E-state index contributed by atoms with van der Waals surface area (Å²) in [5.74, 6) is 2.94. The number of hydrogen-bond acceptors (Lipinski definition) is 5. The smallest absolute Gasteiger partial charge is 0.216 e. The normalized spacial score (nSPS) is 16.8. The fraction of sp³-hybridized carbons (Fsp3) is 0.611. The van der Waals surface area contributed by atoms with Crippen LogP contribution in [-0.2, 0) is 6.42 Å². The quantitative estimate of drug-likeness (QED) is 0.514. The van der Waals surface area contributed by atoms with Crippen LogP contribution in [-0.4, -0.2) is 65.3 Å². The molecule has 0 radical (unpaired) electrons. The lowest BCUT2D eigenvalue weighted by Gasteiger charge is -2.32. The molecule has 26 heavy (non-hydrogen) atoms. The van der Waals surface area contributed by atoms with Gasteiger partial charge in [0.1, 0.15) is 5.82 Å². The summed E-state index contributed by atoms with van der Waals surface area (Å²) < 4.78 is 5.31. The fourth-order valence-electron chi connectivity index (χ4n) is 3.23. The molecule has 2 aromatic heterocycles. The third-order valence-electron chi connectivity index (χ3n) is 4.62. The summed E-state index contributed by atoms with van der Waals surface area (Å²) in [6.45, 7) is 6.51. The molecule has 0 aromatic carbocycles. The zero-order valence-corrected chi connectivity index (χ0v) is 15.7. The first-order valence-electron chi connectivity index (χ1n) is 9.43. The van der Waals surface area contributed by atoms with Crippen LogP contribution in [0.5, 0.6) is 0 Å². The first kappa shape index (κ1) is 18.4. The molecule has 0 aliphatic carbocycles. The van der Waals surface area contributed by atoms with Gasteiger partial charge in [0.2, 0.25) is 5.82 Å². The summed E-state index contributed by atoms with van der Waals surface area (Å²) in [6.07, 6.45) is 5.91. The molecule has 1 fully saturated rings. The molecule has 0 spiro atoms. The van der Waals surface area contributed by atoms with Crippen LogP contribution in [0, 0.1) is 0 Å². The van der Waals surface area contributed by atoms with Crippen molar-refractivity contribution in [2.45, 2.75) is 38.6 Å². The number of furan rings is 1. The average molecular weight is 359 g/mol. The van der Waals surface area contributed by atoms with Crippen LogP contribution in [0.4, 0.5) is 0 Å². The summed E-state index contributed by atoms with van der Waals surface area (Å²) in [6, 6.07) is 4.17. The number of nitrogens with one attached hydrogen (secondary N) is 3. The van der Waals surface area contributed by atoms with Crippen LogP contribution in [0.3, 0.4) is 0 Å². The van der Waals surface area contributed by atoms with Crippen molar-refractivity contribution in [2.24, 2.45) is 4.99 Å². The number of likely N-dealkylation sites (tertiary alicyclic amines) is 1. The van der Waals surface area contributed by atoms with E-state index in [0.717, 1.165) is 50.7 Å². The predicted octanol–water partition coefficient (Wildman–Crippen LogP) is 1.65. The van der Waals surface area contributed by atoms with E-state index in [-0.39, 0.29) is 0 Å². The third-order valence-corrected chi connectivity index (χ3v) is 4.62. The highest BCUT2D eigenvalue weighted by Gasteiger charge is 2.19. The number of nitrogens with zero attached hydrogens (tertiary/aromatic N) is 4. The van der Waals surface area contributed by atoms with Crippen molar-refractivity contribution in [2.75, 3.05) is 33.2 Å². The van der Waals surface area contributed by atoms with Crippen molar-refractivity contribution in [3.8, 4) is 11.6 Å². The standard InChI is InChI=1S/C18H29N7O/c1-3-10-25-11-7-14(8-12-25)21-18(19-2)20-9-6-16-22-17(24-23-16)15-5-4-13-26-15/h4-5,13-14H,3,6-12H2,1-2H3,(H2,19,20,21)(H,22,23,24). The van der Waals surface area contributed by atoms with Crippen molar-refractivity contribution < 1.29 is 4.42 Å². The van der Waals surface area contributed by atoms with Gasteiger partial charge >= 0.3 is 0 Å². The topological polar surface area (TPSA) is 94.4 Å². The maximum atomic E-state index is 5.31. The maximum absolute atomic E-state index is 5.31. The SMILES string of the molecule is CCCN1CCC(NC(=NC)NCCc2nc(-c3ccco3)n[nH]2)CC1. The molecular weight excluding hydrogens is 330 g/mol. The molecule has 0 amide bonds. The first-order valence-corrected chi connectivity index (χ1v) is 9.43. The number of piperidine rings is 1. The van der Waals surface area contributed by atoms with Crippen LogP contribution in [0.25, 0.3) is 11.6 Å². The molecule has 3 heterocycles. The lowest BCUT2D eigenvalue weighted by molar-refractivity contribution is 0.206. The number of rotatable bonds is 7. The largest absolute Gasteiger partial charge is 0.461 e. The van der Waals surface area contributed by atoms with E-state index in [9.17, 15) is 0 Å². The predicted molar refractivity (Wildman–Crippen MR) is 102 cm³/mol. The van der Waals surface area contributed by atoms with Crippen LogP contribution in [0.1, 0.15) is 32.0 Å². The third kappa shape index (κ3) is 5.08.